The standard InChI is InChI=1S/C6H15O8P.2Na.2H/c7-1-5(9)3-13-15(11,12)14-4-6(10)2-8;;;;/h5-10H,1-4H2,(H,11,12);;;;/q;2*+1;2*-1. The second kappa shape index (κ2) is 13.0. The molecule has 5 N–H and O–H groups in total. The Morgan fingerprint density at radius 3 is 1.53 bits per heavy atom. The molecule has 8 nitrogen and oxygen atoms in total. The van der Waals surface area contributed by atoms with E-state index in [1.165, 1.54) is 0 Å². The van der Waals surface area contributed by atoms with Crippen LogP contribution in [0.25, 0.3) is 0 Å². The minimum Gasteiger partial charge on any atom is -1.00 e. The molecule has 0 saturated carbocycles. The minimum absolute atomic E-state index is 0. The zero-order chi connectivity index (χ0) is 11.9. The van der Waals surface area contributed by atoms with E-state index in [0.717, 1.165) is 0 Å². The summed E-state index contributed by atoms with van der Waals surface area (Å²) in [5.74, 6) is 0. The monoisotopic (exact) mass is 294 g/mol. The molecule has 0 amide bonds. The van der Waals surface area contributed by atoms with E-state index in [0.29, 0.717) is 0 Å². The summed E-state index contributed by atoms with van der Waals surface area (Å²) in [5.41, 5.74) is 0. The first-order chi connectivity index (χ1) is 6.91. The van der Waals surface area contributed by atoms with Gasteiger partial charge in [-0.3, -0.25) is 9.05 Å². The minimum atomic E-state index is -4.37. The maximum atomic E-state index is 11.0. The number of phosphoric ester groups is 1. The summed E-state index contributed by atoms with van der Waals surface area (Å²) in [7, 11) is -4.37. The molecule has 0 aromatic heterocycles. The number of hydrogen-bond donors (Lipinski definition) is 5. The van der Waals surface area contributed by atoms with Crippen LogP contribution in [0.15, 0.2) is 0 Å². The van der Waals surface area contributed by atoms with Gasteiger partial charge in [-0.1, -0.05) is 0 Å². The molecule has 17 heavy (non-hydrogen) atoms. The number of hydrogen-bond acceptors (Lipinski definition) is 7. The molecule has 0 rings (SSSR count). The van der Waals surface area contributed by atoms with Crippen LogP contribution in [0.1, 0.15) is 2.85 Å². The van der Waals surface area contributed by atoms with Gasteiger partial charge in [0.25, 0.3) is 0 Å². The topological polar surface area (TPSA) is 137 Å². The van der Waals surface area contributed by atoms with Crippen LogP contribution < -0.4 is 59.1 Å². The predicted molar refractivity (Wildman–Crippen MR) is 50.1 cm³/mol. The third-order valence-electron chi connectivity index (χ3n) is 1.28. The summed E-state index contributed by atoms with van der Waals surface area (Å²) in [4.78, 5) is 8.93. The molecule has 0 radical (unpaired) electrons. The molecule has 0 aliphatic heterocycles. The molecular formula is C6H17Na2O8P. The Morgan fingerprint density at radius 1 is 1.00 bits per heavy atom. The van der Waals surface area contributed by atoms with Gasteiger partial charge in [-0.25, -0.2) is 4.57 Å². The maximum Gasteiger partial charge on any atom is 1.00 e. The molecule has 0 aliphatic rings. The Bertz CT molecular complexity index is 209. The van der Waals surface area contributed by atoms with Crippen LogP contribution in [0.5, 0.6) is 0 Å². The second-order valence-corrected chi connectivity index (χ2v) is 4.19. The summed E-state index contributed by atoms with van der Waals surface area (Å²) >= 11 is 0. The first-order valence-corrected chi connectivity index (χ1v) is 5.60. The smallest absolute Gasteiger partial charge is 1.00 e. The van der Waals surface area contributed by atoms with Crippen LogP contribution in [0.4, 0.5) is 0 Å². The van der Waals surface area contributed by atoms with Crippen LogP contribution in [0.3, 0.4) is 0 Å². The summed E-state index contributed by atoms with van der Waals surface area (Å²) in [6.07, 6.45) is -2.56. The third kappa shape index (κ3) is 14.2. The van der Waals surface area contributed by atoms with Crippen molar-refractivity contribution in [2.24, 2.45) is 0 Å². The van der Waals surface area contributed by atoms with E-state index in [1.807, 2.05) is 0 Å². The summed E-state index contributed by atoms with van der Waals surface area (Å²) in [6, 6.07) is 0. The van der Waals surface area contributed by atoms with Crippen LogP contribution in [0.2, 0.25) is 0 Å². The molecule has 0 heterocycles. The third-order valence-corrected chi connectivity index (χ3v) is 2.23. The van der Waals surface area contributed by atoms with Crippen molar-refractivity contribution in [2.75, 3.05) is 26.4 Å². The Balaban J connectivity index is -0.000000163. The Kier molecular flexibility index (Phi) is 18.3. The number of phosphoric acid groups is 1. The molecule has 0 aliphatic carbocycles. The predicted octanol–water partition coefficient (Wildman–Crippen LogP) is -7.94. The van der Waals surface area contributed by atoms with Gasteiger partial charge >= 0.3 is 66.9 Å². The van der Waals surface area contributed by atoms with Crippen molar-refractivity contribution in [2.45, 2.75) is 12.2 Å². The van der Waals surface area contributed by atoms with Crippen molar-refractivity contribution in [3.05, 3.63) is 0 Å². The van der Waals surface area contributed by atoms with Gasteiger partial charge in [0.15, 0.2) is 0 Å². The van der Waals surface area contributed by atoms with Crippen molar-refractivity contribution < 1.29 is 101 Å². The summed E-state index contributed by atoms with van der Waals surface area (Å²) in [5, 5.41) is 34.3. The number of aliphatic hydroxyl groups is 4. The Hall–Kier alpha value is 1.95. The summed E-state index contributed by atoms with van der Waals surface area (Å²) < 4.78 is 19.5. The fraction of sp³-hybridized carbons (Fsp3) is 1.00. The van der Waals surface area contributed by atoms with Gasteiger partial charge in [0.1, 0.15) is 12.2 Å². The maximum absolute atomic E-state index is 11.0. The SMILES string of the molecule is O=P(O)(OCC(O)CO)OCC(O)CO.[H-].[H-].[Na+].[Na+]. The van der Waals surface area contributed by atoms with Crippen molar-refractivity contribution in [1.29, 1.82) is 0 Å². The van der Waals surface area contributed by atoms with Crippen LogP contribution in [0, 0.1) is 0 Å². The van der Waals surface area contributed by atoms with E-state index in [-0.39, 0.29) is 62.0 Å². The zero-order valence-electron chi connectivity index (χ0n) is 11.9. The van der Waals surface area contributed by atoms with E-state index in [1.54, 1.807) is 0 Å². The van der Waals surface area contributed by atoms with E-state index < -0.39 is 46.5 Å². The fourth-order valence-electron chi connectivity index (χ4n) is 0.503. The molecule has 0 bridgehead atoms. The largest absolute Gasteiger partial charge is 1.00 e. The zero-order valence-corrected chi connectivity index (χ0v) is 14.8. The summed E-state index contributed by atoms with van der Waals surface area (Å²) in [6.45, 7) is -2.36. The molecule has 96 valence electrons. The van der Waals surface area contributed by atoms with Gasteiger partial charge in [-0.2, -0.15) is 0 Å². The molecule has 0 aromatic rings. The molecule has 0 spiro atoms. The van der Waals surface area contributed by atoms with Gasteiger partial charge < -0.3 is 28.2 Å². The normalized spacial score (nSPS) is 17.2. The molecule has 2 atom stereocenters. The van der Waals surface area contributed by atoms with E-state index in [2.05, 4.69) is 9.05 Å². The van der Waals surface area contributed by atoms with Crippen LogP contribution in [-0.2, 0) is 13.6 Å². The fourth-order valence-corrected chi connectivity index (χ4v) is 1.30. The van der Waals surface area contributed by atoms with Crippen molar-refractivity contribution in [3.63, 3.8) is 0 Å². The Labute approximate surface area is 146 Å². The van der Waals surface area contributed by atoms with Crippen molar-refractivity contribution in [3.8, 4) is 0 Å². The molecule has 0 saturated heterocycles. The van der Waals surface area contributed by atoms with Gasteiger partial charge in [0, 0.05) is 0 Å². The quantitative estimate of drug-likeness (QED) is 0.220. The van der Waals surface area contributed by atoms with Crippen molar-refractivity contribution >= 4 is 7.82 Å². The van der Waals surface area contributed by atoms with Crippen LogP contribution >= 0.6 is 7.82 Å². The average molecular weight is 294 g/mol. The molecule has 0 aromatic carbocycles. The van der Waals surface area contributed by atoms with Crippen molar-refractivity contribution in [1.82, 2.24) is 0 Å². The first kappa shape index (κ1) is 24.0. The number of rotatable bonds is 8. The Morgan fingerprint density at radius 2 is 1.29 bits per heavy atom. The molecule has 2 unspecified atom stereocenters. The molecular weight excluding hydrogens is 277 g/mol. The molecule has 11 heteroatoms. The van der Waals surface area contributed by atoms with Gasteiger partial charge in [-0.05, 0) is 0 Å². The van der Waals surface area contributed by atoms with Gasteiger partial charge in [-0.15, -0.1) is 0 Å². The molecule has 0 fully saturated rings. The van der Waals surface area contributed by atoms with E-state index >= 15 is 0 Å². The number of aliphatic hydroxyl groups excluding tert-OH is 4. The van der Waals surface area contributed by atoms with Crippen LogP contribution in [-0.4, -0.2) is 64.0 Å². The first-order valence-electron chi connectivity index (χ1n) is 4.11. The van der Waals surface area contributed by atoms with E-state index in [9.17, 15) is 4.57 Å². The van der Waals surface area contributed by atoms with Gasteiger partial charge in [0.2, 0.25) is 0 Å². The second-order valence-electron chi connectivity index (χ2n) is 2.73. The van der Waals surface area contributed by atoms with Gasteiger partial charge in [0.05, 0.1) is 26.4 Å². The van der Waals surface area contributed by atoms with E-state index in [4.69, 9.17) is 25.3 Å². The average Bonchev–Trinajstić information content (AvgIpc) is 2.22.